The Morgan fingerprint density at radius 2 is 1.95 bits per heavy atom. The number of amides is 1. The molecule has 0 atom stereocenters. The summed E-state index contributed by atoms with van der Waals surface area (Å²) in [5.74, 6) is 0.937. The van der Waals surface area contributed by atoms with Gasteiger partial charge in [0, 0.05) is 11.5 Å². The molecule has 0 aliphatic heterocycles. The summed E-state index contributed by atoms with van der Waals surface area (Å²) in [6.07, 6.45) is 2.34. The Morgan fingerprint density at radius 1 is 1.29 bits per heavy atom. The maximum atomic E-state index is 12.2. The van der Waals surface area contributed by atoms with Crippen molar-refractivity contribution in [3.05, 3.63) is 23.8 Å². The Kier molecular flexibility index (Phi) is 6.92. The topological polar surface area (TPSA) is 55.4 Å². The van der Waals surface area contributed by atoms with Crippen molar-refractivity contribution in [1.29, 1.82) is 0 Å². The Hall–Kier alpha value is -1.84. The highest BCUT2D eigenvalue weighted by Gasteiger charge is 2.16. The maximum absolute atomic E-state index is 12.2. The van der Waals surface area contributed by atoms with E-state index in [9.17, 15) is 9.59 Å². The molecule has 0 bridgehead atoms. The van der Waals surface area contributed by atoms with E-state index in [0.29, 0.717) is 29.5 Å². The highest BCUT2D eigenvalue weighted by Crippen LogP contribution is 2.27. The molecular weight excluding hydrogens is 266 g/mol. The molecule has 116 valence electrons. The van der Waals surface area contributed by atoms with E-state index >= 15 is 0 Å². The summed E-state index contributed by atoms with van der Waals surface area (Å²) in [4.78, 5) is 23.1. The summed E-state index contributed by atoms with van der Waals surface area (Å²) in [6.45, 7) is 8.66. The number of nitrogens with one attached hydrogen (secondary N) is 1. The third kappa shape index (κ3) is 5.21. The lowest BCUT2D eigenvalue weighted by Gasteiger charge is -2.17. The zero-order valence-electron chi connectivity index (χ0n) is 13.3. The molecule has 0 unspecified atom stereocenters. The lowest BCUT2D eigenvalue weighted by Crippen LogP contribution is -2.22. The van der Waals surface area contributed by atoms with Crippen LogP contribution in [0.3, 0.4) is 0 Å². The lowest BCUT2D eigenvalue weighted by atomic mass is 10.0. The van der Waals surface area contributed by atoms with Crippen LogP contribution in [-0.4, -0.2) is 18.8 Å². The highest BCUT2D eigenvalue weighted by molar-refractivity contribution is 5.95. The minimum Gasteiger partial charge on any atom is -0.491 e. The van der Waals surface area contributed by atoms with Crippen molar-refractivity contribution in [3.8, 4) is 5.75 Å². The standard InChI is InChI=1S/C17H25NO3/c1-5-14(6-2)17(20)18-15-9-13(10-19)7-8-16(15)21-11-12(3)4/h7-10,12,14H,5-6,11H2,1-4H3,(H,18,20). The van der Waals surface area contributed by atoms with Gasteiger partial charge in [0.05, 0.1) is 12.3 Å². The number of hydrogen-bond acceptors (Lipinski definition) is 3. The molecule has 1 aromatic rings. The fourth-order valence-electron chi connectivity index (χ4n) is 2.00. The van der Waals surface area contributed by atoms with Crippen LogP contribution in [-0.2, 0) is 4.79 Å². The van der Waals surface area contributed by atoms with E-state index < -0.39 is 0 Å². The molecule has 0 aliphatic rings. The fraction of sp³-hybridized carbons (Fsp3) is 0.529. The average molecular weight is 291 g/mol. The normalized spacial score (nSPS) is 10.8. The Balaban J connectivity index is 2.95. The average Bonchev–Trinajstić information content (AvgIpc) is 2.46. The molecule has 0 fully saturated rings. The summed E-state index contributed by atoms with van der Waals surface area (Å²) in [5.41, 5.74) is 1.09. The van der Waals surface area contributed by atoms with Crippen molar-refractivity contribution >= 4 is 17.9 Å². The number of carbonyl (C=O) groups is 2. The largest absolute Gasteiger partial charge is 0.491 e. The van der Waals surface area contributed by atoms with Gasteiger partial charge in [-0.1, -0.05) is 27.7 Å². The summed E-state index contributed by atoms with van der Waals surface area (Å²) in [7, 11) is 0. The van der Waals surface area contributed by atoms with Crippen LogP contribution >= 0.6 is 0 Å². The number of hydrogen-bond donors (Lipinski definition) is 1. The summed E-state index contributed by atoms with van der Waals surface area (Å²) in [6, 6.07) is 5.08. The monoisotopic (exact) mass is 291 g/mol. The van der Waals surface area contributed by atoms with Crippen LogP contribution in [0.2, 0.25) is 0 Å². The molecule has 0 spiro atoms. The molecule has 0 aliphatic carbocycles. The quantitative estimate of drug-likeness (QED) is 0.739. The Labute approximate surface area is 126 Å². The van der Waals surface area contributed by atoms with Crippen LogP contribution in [0, 0.1) is 11.8 Å². The van der Waals surface area contributed by atoms with Gasteiger partial charge in [-0.15, -0.1) is 0 Å². The van der Waals surface area contributed by atoms with Gasteiger partial charge >= 0.3 is 0 Å². The van der Waals surface area contributed by atoms with E-state index in [-0.39, 0.29) is 11.8 Å². The number of rotatable bonds is 8. The van der Waals surface area contributed by atoms with Gasteiger partial charge in [-0.05, 0) is 37.0 Å². The van der Waals surface area contributed by atoms with Crippen molar-refractivity contribution in [2.75, 3.05) is 11.9 Å². The van der Waals surface area contributed by atoms with Crippen LogP contribution in [0.25, 0.3) is 0 Å². The molecule has 4 nitrogen and oxygen atoms in total. The van der Waals surface area contributed by atoms with Crippen LogP contribution in [0.4, 0.5) is 5.69 Å². The number of aldehydes is 1. The second-order valence-corrected chi connectivity index (χ2v) is 5.58. The van der Waals surface area contributed by atoms with Gasteiger partial charge in [0.2, 0.25) is 5.91 Å². The third-order valence-corrected chi connectivity index (χ3v) is 3.33. The molecule has 4 heteroatoms. The van der Waals surface area contributed by atoms with Crippen LogP contribution in [0.15, 0.2) is 18.2 Å². The van der Waals surface area contributed by atoms with Crippen LogP contribution < -0.4 is 10.1 Å². The molecule has 0 aromatic heterocycles. The first kappa shape index (κ1) is 17.2. The van der Waals surface area contributed by atoms with Gasteiger partial charge in [0.1, 0.15) is 12.0 Å². The molecule has 0 radical (unpaired) electrons. The second-order valence-electron chi connectivity index (χ2n) is 5.58. The Bertz CT molecular complexity index is 479. The van der Waals surface area contributed by atoms with E-state index in [2.05, 4.69) is 19.2 Å². The molecule has 1 N–H and O–H groups in total. The first-order valence-corrected chi connectivity index (χ1v) is 7.54. The molecule has 1 rings (SSSR count). The molecule has 0 saturated carbocycles. The zero-order chi connectivity index (χ0) is 15.8. The predicted molar refractivity (Wildman–Crippen MR) is 84.9 cm³/mol. The third-order valence-electron chi connectivity index (χ3n) is 3.33. The summed E-state index contributed by atoms with van der Waals surface area (Å²) in [5, 5.41) is 2.89. The maximum Gasteiger partial charge on any atom is 0.227 e. The summed E-state index contributed by atoms with van der Waals surface area (Å²) < 4.78 is 5.72. The van der Waals surface area contributed by atoms with Crippen molar-refractivity contribution in [2.24, 2.45) is 11.8 Å². The zero-order valence-corrected chi connectivity index (χ0v) is 13.3. The number of carbonyl (C=O) groups excluding carboxylic acids is 2. The SMILES string of the molecule is CCC(CC)C(=O)Nc1cc(C=O)ccc1OCC(C)C. The minimum atomic E-state index is -0.0301. The number of ether oxygens (including phenoxy) is 1. The van der Waals surface area contributed by atoms with Gasteiger partial charge in [-0.3, -0.25) is 9.59 Å². The number of anilines is 1. The minimum absolute atomic E-state index is 0.0252. The molecule has 0 saturated heterocycles. The highest BCUT2D eigenvalue weighted by atomic mass is 16.5. The molecule has 1 amide bonds. The van der Waals surface area contributed by atoms with E-state index in [1.54, 1.807) is 18.2 Å². The van der Waals surface area contributed by atoms with Crippen LogP contribution in [0.1, 0.15) is 50.9 Å². The van der Waals surface area contributed by atoms with Gasteiger partial charge in [0.15, 0.2) is 0 Å². The van der Waals surface area contributed by atoms with Crippen molar-refractivity contribution in [3.63, 3.8) is 0 Å². The van der Waals surface area contributed by atoms with E-state index in [1.165, 1.54) is 0 Å². The van der Waals surface area contributed by atoms with E-state index in [0.717, 1.165) is 19.1 Å². The van der Waals surface area contributed by atoms with Gasteiger partial charge in [0.25, 0.3) is 0 Å². The summed E-state index contributed by atoms with van der Waals surface area (Å²) >= 11 is 0. The van der Waals surface area contributed by atoms with Gasteiger partial charge in [-0.25, -0.2) is 0 Å². The first-order valence-electron chi connectivity index (χ1n) is 7.54. The van der Waals surface area contributed by atoms with Crippen molar-refractivity contribution in [2.45, 2.75) is 40.5 Å². The van der Waals surface area contributed by atoms with Crippen molar-refractivity contribution < 1.29 is 14.3 Å². The van der Waals surface area contributed by atoms with E-state index in [4.69, 9.17) is 4.74 Å². The lowest BCUT2D eigenvalue weighted by molar-refractivity contribution is -0.120. The number of benzene rings is 1. The van der Waals surface area contributed by atoms with E-state index in [1.807, 2.05) is 13.8 Å². The molecule has 0 heterocycles. The Morgan fingerprint density at radius 3 is 2.48 bits per heavy atom. The van der Waals surface area contributed by atoms with Gasteiger partial charge < -0.3 is 10.1 Å². The first-order chi connectivity index (χ1) is 10.0. The molecule has 21 heavy (non-hydrogen) atoms. The second kappa shape index (κ2) is 8.45. The fourth-order valence-corrected chi connectivity index (χ4v) is 2.00. The van der Waals surface area contributed by atoms with Gasteiger partial charge in [-0.2, -0.15) is 0 Å². The predicted octanol–water partition coefficient (Wildman–Crippen LogP) is 3.91. The molecular formula is C17H25NO3. The van der Waals surface area contributed by atoms with Crippen LogP contribution in [0.5, 0.6) is 5.75 Å². The smallest absolute Gasteiger partial charge is 0.227 e. The van der Waals surface area contributed by atoms with Crippen molar-refractivity contribution in [1.82, 2.24) is 0 Å². The molecule has 1 aromatic carbocycles.